The van der Waals surface area contributed by atoms with E-state index in [2.05, 4.69) is 12.6 Å². The Kier molecular flexibility index (Phi) is 2.98. The molecule has 3 heteroatoms. The highest BCUT2D eigenvalue weighted by molar-refractivity contribution is 7.80. The first-order valence-corrected chi connectivity index (χ1v) is 4.20. The molecule has 12 heavy (non-hydrogen) atoms. The van der Waals surface area contributed by atoms with E-state index in [0.717, 1.165) is 0 Å². The normalized spacial score (nSPS) is 10.4. The van der Waals surface area contributed by atoms with E-state index in [4.69, 9.17) is 4.74 Å². The van der Waals surface area contributed by atoms with Crippen LogP contribution in [-0.2, 0) is 0 Å². The van der Waals surface area contributed by atoms with E-state index >= 15 is 0 Å². The third-order valence-corrected chi connectivity index (χ3v) is 1.65. The summed E-state index contributed by atoms with van der Waals surface area (Å²) in [5.41, 5.74) is 0. The lowest BCUT2D eigenvalue weighted by Gasteiger charge is -2.10. The van der Waals surface area contributed by atoms with Crippen LogP contribution in [0.3, 0.4) is 0 Å². The van der Waals surface area contributed by atoms with Crippen LogP contribution in [0.4, 0.5) is 4.39 Å². The molecule has 1 aromatic rings. The fourth-order valence-corrected chi connectivity index (χ4v) is 1.04. The van der Waals surface area contributed by atoms with E-state index in [1.165, 1.54) is 0 Å². The average molecular weight is 186 g/mol. The van der Waals surface area contributed by atoms with Gasteiger partial charge in [0.05, 0.1) is 6.10 Å². The maximum absolute atomic E-state index is 13.2. The van der Waals surface area contributed by atoms with Crippen LogP contribution in [0.2, 0.25) is 0 Å². The Labute approximate surface area is 77.0 Å². The molecule has 0 spiro atoms. The monoisotopic (exact) mass is 186 g/mol. The molecule has 0 amide bonds. The summed E-state index contributed by atoms with van der Waals surface area (Å²) < 4.78 is 18.4. The molecule has 0 saturated heterocycles. The van der Waals surface area contributed by atoms with Crippen LogP contribution in [-0.4, -0.2) is 6.10 Å². The van der Waals surface area contributed by atoms with E-state index in [-0.39, 0.29) is 11.9 Å². The van der Waals surface area contributed by atoms with Gasteiger partial charge in [0.2, 0.25) is 0 Å². The van der Waals surface area contributed by atoms with Crippen molar-refractivity contribution >= 4 is 12.6 Å². The number of thiol groups is 1. The summed E-state index contributed by atoms with van der Waals surface area (Å²) in [6.45, 7) is 3.70. The summed E-state index contributed by atoms with van der Waals surface area (Å²) in [4.78, 5) is 0.313. The van der Waals surface area contributed by atoms with Gasteiger partial charge in [0, 0.05) is 4.90 Å². The minimum atomic E-state index is -0.394. The smallest absolute Gasteiger partial charge is 0.178 e. The van der Waals surface area contributed by atoms with Crippen LogP contribution in [0, 0.1) is 5.82 Å². The number of halogens is 1. The van der Waals surface area contributed by atoms with E-state index in [1.807, 2.05) is 13.8 Å². The molecular weight excluding hydrogens is 175 g/mol. The van der Waals surface area contributed by atoms with Crippen LogP contribution in [0.15, 0.2) is 23.1 Å². The first-order chi connectivity index (χ1) is 5.61. The molecule has 0 bridgehead atoms. The fourth-order valence-electron chi connectivity index (χ4n) is 0.844. The minimum absolute atomic E-state index is 0.0189. The first kappa shape index (κ1) is 9.39. The van der Waals surface area contributed by atoms with Gasteiger partial charge < -0.3 is 4.74 Å². The van der Waals surface area contributed by atoms with Crippen LogP contribution in [0.5, 0.6) is 5.75 Å². The van der Waals surface area contributed by atoms with Crippen LogP contribution < -0.4 is 4.74 Å². The molecule has 0 saturated carbocycles. The maximum atomic E-state index is 13.2. The van der Waals surface area contributed by atoms with Crippen LogP contribution in [0.1, 0.15) is 13.8 Å². The summed E-state index contributed by atoms with van der Waals surface area (Å²) in [6, 6.07) is 4.89. The van der Waals surface area contributed by atoms with Gasteiger partial charge in [0.25, 0.3) is 0 Å². The van der Waals surface area contributed by atoms with Gasteiger partial charge in [-0.2, -0.15) is 0 Å². The Balaban J connectivity index is 2.92. The summed E-state index contributed by atoms with van der Waals surface area (Å²) in [7, 11) is 0. The van der Waals surface area contributed by atoms with E-state index in [1.54, 1.807) is 18.2 Å². The van der Waals surface area contributed by atoms with Crippen molar-refractivity contribution in [1.29, 1.82) is 0 Å². The summed E-state index contributed by atoms with van der Waals surface area (Å²) >= 11 is 3.93. The van der Waals surface area contributed by atoms with Gasteiger partial charge >= 0.3 is 0 Å². The third kappa shape index (κ3) is 2.14. The van der Waals surface area contributed by atoms with Crippen molar-refractivity contribution in [3.63, 3.8) is 0 Å². The quantitative estimate of drug-likeness (QED) is 0.699. The molecule has 0 aromatic heterocycles. The Morgan fingerprint density at radius 1 is 1.42 bits per heavy atom. The largest absolute Gasteiger partial charge is 0.488 e. The predicted octanol–water partition coefficient (Wildman–Crippen LogP) is 2.90. The van der Waals surface area contributed by atoms with Crippen molar-refractivity contribution < 1.29 is 9.13 Å². The van der Waals surface area contributed by atoms with Gasteiger partial charge in [-0.1, -0.05) is 6.07 Å². The van der Waals surface area contributed by atoms with Gasteiger partial charge in [-0.15, -0.1) is 12.6 Å². The molecule has 0 fully saturated rings. The predicted molar refractivity (Wildman–Crippen MR) is 49.4 cm³/mol. The Bertz CT molecular complexity index is 273. The molecule has 66 valence electrons. The van der Waals surface area contributed by atoms with Crippen molar-refractivity contribution in [3.05, 3.63) is 24.0 Å². The molecule has 1 aromatic carbocycles. The van der Waals surface area contributed by atoms with Crippen LogP contribution >= 0.6 is 12.6 Å². The van der Waals surface area contributed by atoms with Crippen molar-refractivity contribution in [1.82, 2.24) is 0 Å². The van der Waals surface area contributed by atoms with Crippen molar-refractivity contribution in [3.8, 4) is 5.75 Å². The number of benzene rings is 1. The lowest BCUT2D eigenvalue weighted by molar-refractivity contribution is 0.229. The fraction of sp³-hybridized carbons (Fsp3) is 0.333. The molecule has 0 aliphatic rings. The molecule has 0 aliphatic carbocycles. The number of hydrogen-bond donors (Lipinski definition) is 1. The molecular formula is C9H11FOS. The molecule has 0 radical (unpaired) electrons. The number of rotatable bonds is 2. The minimum Gasteiger partial charge on any atom is -0.488 e. The zero-order valence-corrected chi connectivity index (χ0v) is 7.94. The molecule has 0 aliphatic heterocycles. The second-order valence-electron chi connectivity index (χ2n) is 2.76. The third-order valence-electron chi connectivity index (χ3n) is 1.31. The lowest BCUT2D eigenvalue weighted by atomic mass is 10.3. The Morgan fingerprint density at radius 2 is 2.08 bits per heavy atom. The zero-order chi connectivity index (χ0) is 9.14. The van der Waals surface area contributed by atoms with E-state index in [0.29, 0.717) is 4.90 Å². The highest BCUT2D eigenvalue weighted by atomic mass is 32.1. The second kappa shape index (κ2) is 3.81. The van der Waals surface area contributed by atoms with Gasteiger partial charge in [-0.3, -0.25) is 0 Å². The van der Waals surface area contributed by atoms with Gasteiger partial charge in [0.1, 0.15) is 0 Å². The lowest BCUT2D eigenvalue weighted by Crippen LogP contribution is -2.06. The maximum Gasteiger partial charge on any atom is 0.178 e. The topological polar surface area (TPSA) is 9.23 Å². The number of ether oxygens (including phenoxy) is 1. The molecule has 1 rings (SSSR count). The standard InChI is InChI=1S/C9H11FOS/c1-6(2)11-7-4-3-5-8(12)9(7)10/h3-6,12H,1-2H3. The molecule has 0 unspecified atom stereocenters. The molecule has 0 atom stereocenters. The van der Waals surface area contributed by atoms with Crippen molar-refractivity contribution in [2.75, 3.05) is 0 Å². The van der Waals surface area contributed by atoms with E-state index < -0.39 is 5.82 Å². The summed E-state index contributed by atoms with van der Waals surface area (Å²) in [6.07, 6.45) is -0.0189. The average Bonchev–Trinajstić information content (AvgIpc) is 1.98. The van der Waals surface area contributed by atoms with Crippen molar-refractivity contribution in [2.24, 2.45) is 0 Å². The van der Waals surface area contributed by atoms with Crippen molar-refractivity contribution in [2.45, 2.75) is 24.8 Å². The second-order valence-corrected chi connectivity index (χ2v) is 3.24. The highest BCUT2D eigenvalue weighted by Crippen LogP contribution is 2.23. The van der Waals surface area contributed by atoms with E-state index in [9.17, 15) is 4.39 Å². The van der Waals surface area contributed by atoms with Gasteiger partial charge in [0.15, 0.2) is 11.6 Å². The molecule has 1 nitrogen and oxygen atoms in total. The summed E-state index contributed by atoms with van der Waals surface area (Å²) in [5, 5.41) is 0. The highest BCUT2D eigenvalue weighted by Gasteiger charge is 2.06. The summed E-state index contributed by atoms with van der Waals surface area (Å²) in [5.74, 6) is -0.132. The van der Waals surface area contributed by atoms with Gasteiger partial charge in [-0.05, 0) is 26.0 Å². The molecule has 0 heterocycles. The Hall–Kier alpha value is -0.700. The van der Waals surface area contributed by atoms with Gasteiger partial charge in [-0.25, -0.2) is 4.39 Å². The van der Waals surface area contributed by atoms with Crippen LogP contribution in [0.25, 0.3) is 0 Å². The molecule has 0 N–H and O–H groups in total. The SMILES string of the molecule is CC(C)Oc1cccc(S)c1F. The number of hydrogen-bond acceptors (Lipinski definition) is 2. The first-order valence-electron chi connectivity index (χ1n) is 3.75. The zero-order valence-electron chi connectivity index (χ0n) is 7.04. The Morgan fingerprint density at radius 3 is 2.67 bits per heavy atom.